The van der Waals surface area contributed by atoms with E-state index in [9.17, 15) is 28.8 Å². The van der Waals surface area contributed by atoms with Crippen LogP contribution in [0.5, 0.6) is 0 Å². The predicted octanol–water partition coefficient (Wildman–Crippen LogP) is 3.14. The van der Waals surface area contributed by atoms with E-state index >= 15 is 0 Å². The van der Waals surface area contributed by atoms with Gasteiger partial charge in [0.05, 0.1) is 19.3 Å². The highest BCUT2D eigenvalue weighted by Gasteiger charge is 2.37. The van der Waals surface area contributed by atoms with Gasteiger partial charge in [-0.1, -0.05) is 91.0 Å². The van der Waals surface area contributed by atoms with Crippen molar-refractivity contribution in [1.29, 1.82) is 0 Å². The molecule has 0 N–H and O–H groups in total. The van der Waals surface area contributed by atoms with Crippen LogP contribution in [0.15, 0.2) is 91.0 Å². The van der Waals surface area contributed by atoms with Crippen molar-refractivity contribution >= 4 is 35.8 Å². The smallest absolute Gasteiger partial charge is 0.348 e. The lowest BCUT2D eigenvalue weighted by Gasteiger charge is -2.23. The molecule has 3 aromatic rings. The minimum atomic E-state index is -1.80. The fraction of sp³-hybridized carbons (Fsp3) is 0.273. The van der Waals surface area contributed by atoms with Crippen molar-refractivity contribution in [3.8, 4) is 0 Å². The van der Waals surface area contributed by atoms with Gasteiger partial charge < -0.3 is 28.4 Å². The van der Waals surface area contributed by atoms with Gasteiger partial charge in [-0.15, -0.1) is 0 Å². The molecule has 12 nitrogen and oxygen atoms in total. The minimum absolute atomic E-state index is 0.191. The molecule has 3 atom stereocenters. The summed E-state index contributed by atoms with van der Waals surface area (Å²) in [6, 6.07) is 25.8. The van der Waals surface area contributed by atoms with Crippen molar-refractivity contribution in [1.82, 2.24) is 0 Å². The van der Waals surface area contributed by atoms with Crippen LogP contribution in [-0.4, -0.2) is 54.1 Å². The van der Waals surface area contributed by atoms with E-state index in [2.05, 4.69) is 0 Å². The van der Waals surface area contributed by atoms with Crippen LogP contribution in [0, 0.1) is 0 Å². The largest absolute Gasteiger partial charge is 0.458 e. The Kier molecular flexibility index (Phi) is 11.8. The fourth-order valence-corrected chi connectivity index (χ4v) is 4.06. The Hall–Kier alpha value is -5.52. The molecule has 0 amide bonds. The van der Waals surface area contributed by atoms with Crippen molar-refractivity contribution in [3.63, 3.8) is 0 Å². The molecular weight excluding hydrogens is 588 g/mol. The summed E-state index contributed by atoms with van der Waals surface area (Å²) in [5.74, 6) is -6.70. The number of carbonyl (C=O) groups is 6. The number of cyclic esters (lactones) is 3. The van der Waals surface area contributed by atoms with Crippen LogP contribution in [0.2, 0.25) is 0 Å². The van der Waals surface area contributed by atoms with E-state index in [1.807, 2.05) is 0 Å². The van der Waals surface area contributed by atoms with E-state index in [1.54, 1.807) is 91.0 Å². The van der Waals surface area contributed by atoms with Crippen LogP contribution in [0.25, 0.3) is 0 Å². The van der Waals surface area contributed by atoms with Gasteiger partial charge >= 0.3 is 35.8 Å². The van der Waals surface area contributed by atoms with Crippen molar-refractivity contribution in [2.45, 2.75) is 57.4 Å². The second-order valence-corrected chi connectivity index (χ2v) is 9.83. The Balaban J connectivity index is 1.51. The van der Waals surface area contributed by atoms with E-state index in [4.69, 9.17) is 28.4 Å². The van der Waals surface area contributed by atoms with Crippen molar-refractivity contribution < 1.29 is 57.2 Å². The fourth-order valence-electron chi connectivity index (χ4n) is 4.06. The lowest BCUT2D eigenvalue weighted by atomic mass is 10.2. The average molecular weight is 619 g/mol. The number of esters is 6. The van der Waals surface area contributed by atoms with E-state index in [-0.39, 0.29) is 19.8 Å². The molecule has 45 heavy (non-hydrogen) atoms. The number of rotatable bonds is 9. The van der Waals surface area contributed by atoms with Gasteiger partial charge in [-0.25, -0.2) is 14.4 Å². The zero-order valence-electron chi connectivity index (χ0n) is 24.0. The SMILES string of the molecule is O=C1CC(C(=O)OCc2ccccc2)OC(=O)CC(C(=O)OCc2ccccc2)OC(=O)CC(C(=O)OCc2ccccc2)O1. The molecule has 1 heterocycles. The first kappa shape index (κ1) is 32.4. The van der Waals surface area contributed by atoms with Gasteiger partial charge in [0.1, 0.15) is 19.8 Å². The zero-order valence-corrected chi connectivity index (χ0v) is 24.0. The average Bonchev–Trinajstić information content (AvgIpc) is 3.05. The van der Waals surface area contributed by atoms with Crippen LogP contribution in [-0.2, 0) is 77.0 Å². The molecule has 0 bridgehead atoms. The highest BCUT2D eigenvalue weighted by Crippen LogP contribution is 2.17. The molecule has 0 spiro atoms. The third-order valence-electron chi connectivity index (χ3n) is 6.34. The molecule has 4 rings (SSSR count). The standard InChI is InChI=1S/C33H30O12/c34-28-16-25(31(37)40-19-22-10-4-1-5-11-22)43-29(35)17-26(32(38)41-20-23-12-6-2-7-13-23)45-30(36)18-27(44-28)33(39)42-21-24-14-8-3-9-15-24/h1-15,25-27H,16-21H2. The summed E-state index contributed by atoms with van der Waals surface area (Å²) in [4.78, 5) is 77.2. The highest BCUT2D eigenvalue weighted by molar-refractivity contribution is 5.90. The molecule has 1 saturated heterocycles. The minimum Gasteiger partial charge on any atom is -0.458 e. The summed E-state index contributed by atoms with van der Waals surface area (Å²) in [5.41, 5.74) is 1.88. The van der Waals surface area contributed by atoms with Gasteiger partial charge in [-0.05, 0) is 16.7 Å². The lowest BCUT2D eigenvalue weighted by molar-refractivity contribution is -0.186. The number of benzene rings is 3. The van der Waals surface area contributed by atoms with E-state index in [1.165, 1.54) is 0 Å². The molecule has 0 radical (unpaired) electrons. The number of ether oxygens (including phenoxy) is 6. The van der Waals surface area contributed by atoms with Gasteiger partial charge in [-0.2, -0.15) is 0 Å². The molecule has 234 valence electrons. The van der Waals surface area contributed by atoms with Gasteiger partial charge in [0.25, 0.3) is 0 Å². The van der Waals surface area contributed by atoms with Crippen molar-refractivity contribution in [2.24, 2.45) is 0 Å². The first-order valence-corrected chi connectivity index (χ1v) is 14.0. The molecule has 0 saturated carbocycles. The third kappa shape index (κ3) is 10.6. The summed E-state index contributed by atoms with van der Waals surface area (Å²) in [6.45, 7) is -0.574. The Labute approximate surface area is 258 Å². The molecule has 1 aliphatic rings. The zero-order chi connectivity index (χ0) is 32.0. The summed E-state index contributed by atoms with van der Waals surface area (Å²) in [7, 11) is 0. The number of hydrogen-bond donors (Lipinski definition) is 0. The normalized spacial score (nSPS) is 18.9. The lowest BCUT2D eigenvalue weighted by Crippen LogP contribution is -2.40. The van der Waals surface area contributed by atoms with Crippen molar-refractivity contribution in [2.75, 3.05) is 0 Å². The number of carbonyl (C=O) groups excluding carboxylic acids is 6. The Morgan fingerprint density at radius 1 is 0.467 bits per heavy atom. The van der Waals surface area contributed by atoms with Crippen LogP contribution < -0.4 is 0 Å². The highest BCUT2D eigenvalue weighted by atomic mass is 16.6. The molecule has 0 aromatic heterocycles. The monoisotopic (exact) mass is 618 g/mol. The second kappa shape index (κ2) is 16.4. The van der Waals surface area contributed by atoms with Crippen LogP contribution in [0.4, 0.5) is 0 Å². The van der Waals surface area contributed by atoms with Gasteiger partial charge in [-0.3, -0.25) is 14.4 Å². The van der Waals surface area contributed by atoms with E-state index in [0.29, 0.717) is 16.7 Å². The summed E-state index contributed by atoms with van der Waals surface area (Å²) in [5, 5.41) is 0. The van der Waals surface area contributed by atoms with Gasteiger partial charge in [0.2, 0.25) is 18.3 Å². The van der Waals surface area contributed by atoms with E-state index < -0.39 is 73.4 Å². The van der Waals surface area contributed by atoms with Crippen LogP contribution in [0.1, 0.15) is 36.0 Å². The first-order chi connectivity index (χ1) is 21.8. The Bertz CT molecular complexity index is 1270. The molecule has 3 unspecified atom stereocenters. The van der Waals surface area contributed by atoms with Crippen molar-refractivity contribution in [3.05, 3.63) is 108 Å². The Morgan fingerprint density at radius 2 is 0.711 bits per heavy atom. The third-order valence-corrected chi connectivity index (χ3v) is 6.34. The van der Waals surface area contributed by atoms with Crippen LogP contribution >= 0.6 is 0 Å². The Morgan fingerprint density at radius 3 is 0.956 bits per heavy atom. The summed E-state index contributed by atoms with van der Waals surface area (Å²) in [6.07, 6.45) is -7.94. The van der Waals surface area contributed by atoms with Gasteiger partial charge in [0.15, 0.2) is 0 Å². The van der Waals surface area contributed by atoms with Gasteiger partial charge in [0, 0.05) is 0 Å². The molecule has 0 aliphatic carbocycles. The maximum absolute atomic E-state index is 12.9. The topological polar surface area (TPSA) is 158 Å². The first-order valence-electron chi connectivity index (χ1n) is 14.0. The van der Waals surface area contributed by atoms with E-state index in [0.717, 1.165) is 0 Å². The number of hydrogen-bond acceptors (Lipinski definition) is 12. The van der Waals surface area contributed by atoms with Crippen LogP contribution in [0.3, 0.4) is 0 Å². The maximum atomic E-state index is 12.9. The molecule has 12 heteroatoms. The maximum Gasteiger partial charge on any atom is 0.348 e. The molecular formula is C33H30O12. The quantitative estimate of drug-likeness (QED) is 0.255. The predicted molar refractivity (Wildman–Crippen MR) is 152 cm³/mol. The second-order valence-electron chi connectivity index (χ2n) is 9.83. The molecule has 1 fully saturated rings. The summed E-state index contributed by atoms with van der Waals surface area (Å²) >= 11 is 0. The molecule has 3 aromatic carbocycles. The summed E-state index contributed by atoms with van der Waals surface area (Å²) < 4.78 is 31.3. The molecule has 1 aliphatic heterocycles.